The molecule has 0 amide bonds. The molecule has 1 aliphatic rings. The summed E-state index contributed by atoms with van der Waals surface area (Å²) in [5, 5.41) is 6.25. The minimum atomic E-state index is 1.37. The molecule has 1 heterocycles. The van der Waals surface area contributed by atoms with Crippen LogP contribution in [0.25, 0.3) is 0 Å². The Hall–Kier alpha value is -0.550. The first-order valence-corrected chi connectivity index (χ1v) is 7.90. The highest BCUT2D eigenvalue weighted by molar-refractivity contribution is 4.55. The number of hydrogen-bond acceptors (Lipinski definition) is 1. The van der Waals surface area contributed by atoms with Crippen LogP contribution in [0.1, 0.15) is 71.6 Å². The zero-order valence-electron chi connectivity index (χ0n) is 12.6. The monoisotopic (exact) mass is 252 g/mol. The van der Waals surface area contributed by atoms with E-state index in [4.69, 9.17) is 11.8 Å². The first-order chi connectivity index (χ1) is 8.83. The van der Waals surface area contributed by atoms with Gasteiger partial charge in [0, 0.05) is 0 Å². The van der Waals surface area contributed by atoms with E-state index in [0.29, 0.717) is 0 Å². The van der Waals surface area contributed by atoms with E-state index in [1.54, 1.807) is 0 Å². The third-order valence-electron chi connectivity index (χ3n) is 4.20. The number of rotatable bonds is 8. The minimum Gasteiger partial charge on any atom is -0.512 e. The Morgan fingerprint density at radius 1 is 0.778 bits per heavy atom. The van der Waals surface area contributed by atoms with Gasteiger partial charge in [-0.1, -0.05) is 33.1 Å². The van der Waals surface area contributed by atoms with E-state index in [1.165, 1.54) is 88.4 Å². The Bertz CT molecular complexity index is 187. The summed E-state index contributed by atoms with van der Waals surface area (Å²) in [5.41, 5.74) is 0. The summed E-state index contributed by atoms with van der Waals surface area (Å²) in [5.74, 6) is 0. The normalized spacial score (nSPS) is 17.8. The van der Waals surface area contributed by atoms with Crippen LogP contribution in [0.2, 0.25) is 0 Å². The van der Waals surface area contributed by atoms with Gasteiger partial charge >= 0.3 is 0 Å². The van der Waals surface area contributed by atoms with Gasteiger partial charge in [0.05, 0.1) is 26.2 Å². The van der Waals surface area contributed by atoms with Crippen molar-refractivity contribution in [3.63, 3.8) is 0 Å². The van der Waals surface area contributed by atoms with Crippen LogP contribution in [0.3, 0.4) is 0 Å². The topological polar surface area (TPSA) is 23.8 Å². The molecule has 0 aliphatic carbocycles. The molecule has 0 aromatic heterocycles. The van der Waals surface area contributed by atoms with Crippen molar-refractivity contribution < 1.29 is 4.48 Å². The van der Waals surface area contributed by atoms with E-state index in [0.717, 1.165) is 0 Å². The molecule has 2 nitrogen and oxygen atoms in total. The second-order valence-electron chi connectivity index (χ2n) is 5.71. The molecule has 0 atom stereocenters. The molecular formula is C16H32N2. The summed E-state index contributed by atoms with van der Waals surface area (Å²) in [6.45, 7) is 15.3. The quantitative estimate of drug-likeness (QED) is 0.355. The fraction of sp³-hybridized carbons (Fsp3) is 0.938. The Kier molecular flexibility index (Phi) is 11.2. The average molecular weight is 252 g/mol. The largest absolute Gasteiger partial charge is 0.512 e. The molecule has 2 heteroatoms. The van der Waals surface area contributed by atoms with Crippen LogP contribution in [0.5, 0.6) is 0 Å². The Labute approximate surface area is 115 Å². The fourth-order valence-corrected chi connectivity index (χ4v) is 3.27. The molecule has 1 saturated heterocycles. The van der Waals surface area contributed by atoms with Crippen molar-refractivity contribution in [3.8, 4) is 0 Å². The van der Waals surface area contributed by atoms with Crippen molar-refractivity contribution in [2.75, 3.05) is 26.2 Å². The second kappa shape index (κ2) is 11.5. The first kappa shape index (κ1) is 17.4. The minimum absolute atomic E-state index is 1.37. The molecule has 1 aliphatic heterocycles. The lowest BCUT2D eigenvalue weighted by Gasteiger charge is -2.41. The zero-order valence-corrected chi connectivity index (χ0v) is 12.6. The smallest absolute Gasteiger partial charge is 0.0786 e. The Morgan fingerprint density at radius 2 is 1.39 bits per heavy atom. The third-order valence-corrected chi connectivity index (χ3v) is 4.20. The maximum Gasteiger partial charge on any atom is 0.0786 e. The Morgan fingerprint density at radius 3 is 1.94 bits per heavy atom. The maximum atomic E-state index is 6.25. The van der Waals surface area contributed by atoms with E-state index in [9.17, 15) is 0 Å². The fourth-order valence-electron chi connectivity index (χ4n) is 3.27. The highest BCUT2D eigenvalue weighted by Gasteiger charge is 2.27. The van der Waals surface area contributed by atoms with Gasteiger partial charge in [-0.15, -0.1) is 0 Å². The molecule has 0 spiro atoms. The standard InChI is InChI=1S/C15H32N.CN/c1-3-5-6-7-9-13-16(12-4-2)14-10-8-11-15-16;1-2/h3-15H2,1-2H3;/q+1;-1. The van der Waals surface area contributed by atoms with Crippen molar-refractivity contribution in [1.82, 2.24) is 0 Å². The predicted octanol–water partition coefficient (Wildman–Crippen LogP) is 4.46. The summed E-state index contributed by atoms with van der Waals surface area (Å²) in [6.07, 6.45) is 13.0. The van der Waals surface area contributed by atoms with Gasteiger partial charge in [-0.25, -0.2) is 0 Å². The van der Waals surface area contributed by atoms with E-state index >= 15 is 0 Å². The van der Waals surface area contributed by atoms with Crippen molar-refractivity contribution in [3.05, 3.63) is 6.57 Å². The molecule has 0 bridgehead atoms. The summed E-state index contributed by atoms with van der Waals surface area (Å²) < 4.78 is 1.46. The SMILES string of the molecule is CCCCCCC[N+]1(CCC)CCCCC1.[C-]#N. The molecule has 0 aromatic carbocycles. The maximum absolute atomic E-state index is 6.25. The van der Waals surface area contributed by atoms with Gasteiger partial charge in [0.1, 0.15) is 0 Å². The number of nitrogens with zero attached hydrogens (tertiary/aromatic N) is 2. The predicted molar refractivity (Wildman–Crippen MR) is 77.6 cm³/mol. The zero-order chi connectivity index (χ0) is 13.7. The number of likely N-dealkylation sites (tertiary alicyclic amines) is 1. The van der Waals surface area contributed by atoms with Crippen LogP contribution < -0.4 is 0 Å². The third kappa shape index (κ3) is 7.01. The highest BCUT2D eigenvalue weighted by atomic mass is 15.3. The molecule has 106 valence electrons. The average Bonchev–Trinajstić information content (AvgIpc) is 2.42. The molecule has 0 N–H and O–H groups in total. The van der Waals surface area contributed by atoms with Gasteiger partial charge in [0.25, 0.3) is 0 Å². The van der Waals surface area contributed by atoms with E-state index < -0.39 is 0 Å². The molecule has 1 fully saturated rings. The summed E-state index contributed by atoms with van der Waals surface area (Å²) in [6, 6.07) is 0. The van der Waals surface area contributed by atoms with Gasteiger partial charge in [0.2, 0.25) is 0 Å². The number of piperidine rings is 1. The van der Waals surface area contributed by atoms with Crippen LogP contribution in [0.15, 0.2) is 0 Å². The number of hydrogen-bond donors (Lipinski definition) is 0. The lowest BCUT2D eigenvalue weighted by atomic mass is 10.0. The lowest BCUT2D eigenvalue weighted by molar-refractivity contribution is -0.932. The molecule has 0 saturated carbocycles. The summed E-state index contributed by atoms with van der Waals surface area (Å²) in [7, 11) is 0. The lowest BCUT2D eigenvalue weighted by Crippen LogP contribution is -2.52. The van der Waals surface area contributed by atoms with Gasteiger partial charge in [-0.2, -0.15) is 0 Å². The van der Waals surface area contributed by atoms with Crippen LogP contribution in [0, 0.1) is 11.8 Å². The van der Waals surface area contributed by atoms with Crippen LogP contribution in [-0.4, -0.2) is 30.7 Å². The molecule has 18 heavy (non-hydrogen) atoms. The molecule has 1 rings (SSSR count). The van der Waals surface area contributed by atoms with Gasteiger partial charge in [-0.05, 0) is 38.5 Å². The molecular weight excluding hydrogens is 220 g/mol. The van der Waals surface area contributed by atoms with Crippen LogP contribution >= 0.6 is 0 Å². The molecule has 0 aromatic rings. The first-order valence-electron chi connectivity index (χ1n) is 7.90. The highest BCUT2D eigenvalue weighted by Crippen LogP contribution is 2.21. The van der Waals surface area contributed by atoms with Crippen molar-refractivity contribution in [2.45, 2.75) is 71.6 Å². The summed E-state index contributed by atoms with van der Waals surface area (Å²) in [4.78, 5) is 0. The van der Waals surface area contributed by atoms with E-state index in [-0.39, 0.29) is 0 Å². The van der Waals surface area contributed by atoms with E-state index in [2.05, 4.69) is 13.8 Å². The van der Waals surface area contributed by atoms with Crippen molar-refractivity contribution >= 4 is 0 Å². The van der Waals surface area contributed by atoms with E-state index in [1.807, 2.05) is 0 Å². The Balaban J connectivity index is 0.00000137. The van der Waals surface area contributed by atoms with Crippen molar-refractivity contribution in [1.29, 1.82) is 5.26 Å². The van der Waals surface area contributed by atoms with Gasteiger partial charge < -0.3 is 16.3 Å². The van der Waals surface area contributed by atoms with Crippen molar-refractivity contribution in [2.24, 2.45) is 0 Å². The number of unbranched alkanes of at least 4 members (excludes halogenated alkanes) is 4. The molecule has 0 radical (unpaired) electrons. The van der Waals surface area contributed by atoms with Crippen LogP contribution in [-0.2, 0) is 0 Å². The van der Waals surface area contributed by atoms with Gasteiger partial charge in [-0.3, -0.25) is 0 Å². The molecule has 0 unspecified atom stereocenters. The van der Waals surface area contributed by atoms with Gasteiger partial charge in [0.15, 0.2) is 0 Å². The second-order valence-corrected chi connectivity index (χ2v) is 5.71. The van der Waals surface area contributed by atoms with Crippen LogP contribution in [0.4, 0.5) is 0 Å². The number of quaternary nitrogens is 1. The summed E-state index contributed by atoms with van der Waals surface area (Å²) >= 11 is 0.